The standard InChI is InChI=1S/C97H148N24O24S/c1-20-52(13)76(94(142)113-67-47-146-42-39-100-91(139)74(50(9)10)114-85(133)64(43-49(7)8)111-88(67)136)116-83(131)60(23-4)106-87(135)66(46-122)105-73(125)45-101-81(129)62(35-37-71(98)123)110-93(141)77(53(14)21-2)117-92(140)75(51(11)12)115-86(134)65(44-58-31-27-26-28-32-58)112-84(132)63(36-38-72(99)124)109-80(128)55(16)102-78(126)54(15)103-82(130)59(22-3)107-90(138)70-34-29-40-119(70)96(144)61(24-5)108-79(127)56(17)104-89(137)69-33-30-41-120(69)97(145)68(25-6)121-48-118(19)57(18)95(121)143/h22-28,31-32,39,42,49-57,62-67,69-70,74-77,122H,20-21,29-30,33-38,40-41,43-48H2,1-19H3,(H2,98,123)(H2,99,124)(H,100,139)(H,101,129)(H,102,126)(H,103,130)(H,104,137)(H,105,125)(H,106,135)(H,107,138)(H,108,127)(H,109,128)(H,110,141)(H,111,136)(H,112,132)(H,113,142)(H,114,133)(H,115,134)(H,116,131)(H,117,140)/b42-39?,59-22-,60-23-,61-24-,68-25-/t52-,53-,54-,55-,56-,57+,62-,63-,64+,65+,66+,67+,69-,70-,74+,75+,76-,77-/m1/s1. The number of hydrogen-bond donors (Lipinski definition) is 21. The normalized spacial score (nSPS) is 20.1. The SMILES string of the molecule is C/C=C(\NC(=O)[C@H](CO)NC(=O)CNC(=O)[C@@H](CCC(N)=O)NC(=O)[C@H](NC(=O)[C@@H](NC(=O)[C@H](Cc1ccccc1)NC(=O)[C@@H](CCC(N)=O)NC(=O)[C@@H](C)NC(=O)[C@@H](C)NC(=O)/C(=C/C)NC(=O)[C@H]1CCCN1C(=O)/C(=C/C)NC(=O)[C@@H](C)NC(=O)[C@H]1CCCN1C(=O)/C(=C/C)N1CN(C)[C@@H](C)C1=O)C(C)C)[C@H](C)CC)C(=O)N[C@@H](C(=O)N[C@H]1CSC=CNC(=O)[C@H](C(C)C)NC(=O)[C@H](CC(C)C)NC1=O)[C@H](C)CC. The molecule has 0 aromatic heterocycles. The summed E-state index contributed by atoms with van der Waals surface area (Å²) in [5, 5.41) is 57.4. The van der Waals surface area contributed by atoms with Crippen molar-refractivity contribution < 1.29 is 115 Å². The van der Waals surface area contributed by atoms with Gasteiger partial charge in [0.25, 0.3) is 23.6 Å². The Morgan fingerprint density at radius 2 is 1.02 bits per heavy atom. The zero-order chi connectivity index (χ0) is 110. The van der Waals surface area contributed by atoms with Crippen LogP contribution >= 0.6 is 11.8 Å². The lowest BCUT2D eigenvalue weighted by Gasteiger charge is -2.30. The van der Waals surface area contributed by atoms with Gasteiger partial charge in [0.2, 0.25) is 112 Å². The van der Waals surface area contributed by atoms with E-state index in [0.29, 0.717) is 24.8 Å². The van der Waals surface area contributed by atoms with Crippen molar-refractivity contribution in [2.75, 3.05) is 45.7 Å². The first-order chi connectivity index (χ1) is 68.8. The van der Waals surface area contributed by atoms with Crippen LogP contribution in [-0.4, -0.2) is 303 Å². The molecule has 3 fully saturated rings. The molecule has 1 aromatic rings. The third-order valence-corrected chi connectivity index (χ3v) is 26.0. The van der Waals surface area contributed by atoms with Gasteiger partial charge < -0.3 is 122 Å². The minimum atomic E-state index is -1.81. The summed E-state index contributed by atoms with van der Waals surface area (Å²) in [6.07, 6.45) is 6.17. The molecule has 48 nitrogen and oxygen atoms in total. The van der Waals surface area contributed by atoms with Gasteiger partial charge in [0.05, 0.1) is 25.9 Å². The number of hydrogen-bond acceptors (Lipinski definition) is 26. The lowest BCUT2D eigenvalue weighted by Crippen LogP contribution is -2.62. The maximum atomic E-state index is 14.8. The molecule has 0 spiro atoms. The van der Waals surface area contributed by atoms with E-state index < -0.39 is 289 Å². The molecule has 1 aromatic carbocycles. The molecule has 0 bridgehead atoms. The number of likely N-dealkylation sites (tertiary alicyclic amines) is 2. The maximum absolute atomic E-state index is 14.8. The number of amides is 23. The van der Waals surface area contributed by atoms with E-state index in [4.69, 9.17) is 11.5 Å². The number of aliphatic hydroxyl groups is 1. The molecule has 49 heteroatoms. The monoisotopic (exact) mass is 2070 g/mol. The maximum Gasteiger partial charge on any atom is 0.270 e. The number of rotatable bonds is 50. The van der Waals surface area contributed by atoms with Crippen LogP contribution in [0, 0.1) is 29.6 Å². The number of likely N-dealkylation sites (N-methyl/N-ethyl adjacent to an activating group) is 1. The Morgan fingerprint density at radius 1 is 0.514 bits per heavy atom. The summed E-state index contributed by atoms with van der Waals surface area (Å²) in [5.41, 5.74) is 10.6. The van der Waals surface area contributed by atoms with Crippen molar-refractivity contribution in [1.82, 2.24) is 115 Å². The van der Waals surface area contributed by atoms with Gasteiger partial charge in [0.1, 0.15) is 113 Å². The molecule has 806 valence electrons. The predicted octanol–water partition coefficient (Wildman–Crippen LogP) is -3.92. The first kappa shape index (κ1) is 122. The van der Waals surface area contributed by atoms with Gasteiger partial charge in [-0.15, -0.1) is 11.8 Å². The molecule has 0 aliphatic carbocycles. The Balaban J connectivity index is 1.20. The molecule has 4 heterocycles. The highest BCUT2D eigenvalue weighted by atomic mass is 32.2. The van der Waals surface area contributed by atoms with Crippen LogP contribution in [0.4, 0.5) is 0 Å². The number of primary amides is 2. The minimum Gasteiger partial charge on any atom is -0.394 e. The van der Waals surface area contributed by atoms with E-state index in [1.807, 2.05) is 13.8 Å². The molecule has 3 saturated heterocycles. The lowest BCUT2D eigenvalue weighted by atomic mass is 9.95. The van der Waals surface area contributed by atoms with E-state index >= 15 is 0 Å². The van der Waals surface area contributed by atoms with Gasteiger partial charge in [-0.2, -0.15) is 0 Å². The van der Waals surface area contributed by atoms with Gasteiger partial charge in [-0.3, -0.25) is 120 Å². The zero-order valence-electron chi connectivity index (χ0n) is 86.4. The fourth-order valence-corrected chi connectivity index (χ4v) is 16.6. The lowest BCUT2D eigenvalue weighted by molar-refractivity contribution is -0.139. The molecule has 4 aliphatic heterocycles. The number of benzene rings is 1. The number of nitrogens with zero attached hydrogens (tertiary/aromatic N) is 4. The Kier molecular flexibility index (Phi) is 49.9. The van der Waals surface area contributed by atoms with Crippen LogP contribution < -0.4 is 107 Å². The second-order valence-corrected chi connectivity index (χ2v) is 38.5. The second-order valence-electron chi connectivity index (χ2n) is 37.5. The largest absolute Gasteiger partial charge is 0.394 e. The average Bonchev–Trinajstić information content (AvgIpc) is 1.65. The highest BCUT2D eigenvalue weighted by molar-refractivity contribution is 8.02. The third kappa shape index (κ3) is 36.6. The fraction of sp³-hybridized carbons (Fsp3) is 0.598. The summed E-state index contributed by atoms with van der Waals surface area (Å²) in [6, 6.07) is -13.1. The molecular weight excluding hydrogens is 1920 g/mol. The van der Waals surface area contributed by atoms with Gasteiger partial charge in [-0.05, 0) is 148 Å². The number of allylic oxidation sites excluding steroid dienone is 4. The van der Waals surface area contributed by atoms with Gasteiger partial charge in [0.15, 0.2) is 0 Å². The van der Waals surface area contributed by atoms with Crippen molar-refractivity contribution in [2.24, 2.45) is 41.1 Å². The third-order valence-electron chi connectivity index (χ3n) is 25.2. The van der Waals surface area contributed by atoms with Crippen LogP contribution in [0.25, 0.3) is 0 Å². The Morgan fingerprint density at radius 3 is 1.56 bits per heavy atom. The topological polar surface area (TPSA) is 694 Å². The Bertz CT molecular complexity index is 5080. The summed E-state index contributed by atoms with van der Waals surface area (Å²) in [4.78, 5) is 323. The number of nitrogens with two attached hydrogens (primary N) is 2. The molecule has 23 N–H and O–H groups in total. The minimum absolute atomic E-state index is 0.0458. The van der Waals surface area contributed by atoms with Crippen molar-refractivity contribution in [3.05, 3.63) is 94.6 Å². The first-order valence-corrected chi connectivity index (χ1v) is 50.1. The molecule has 0 unspecified atom stereocenters. The van der Waals surface area contributed by atoms with Crippen molar-refractivity contribution >= 4 is 148 Å². The van der Waals surface area contributed by atoms with E-state index in [9.17, 15) is 115 Å². The Hall–Kier alpha value is -14.0. The van der Waals surface area contributed by atoms with Gasteiger partial charge in [-0.1, -0.05) is 137 Å². The quantitative estimate of drug-likeness (QED) is 0.0277. The van der Waals surface area contributed by atoms with Crippen LogP contribution in [0.1, 0.15) is 201 Å². The van der Waals surface area contributed by atoms with Gasteiger partial charge in [0, 0.05) is 44.3 Å². The van der Waals surface area contributed by atoms with E-state index in [0.717, 1.165) is 17.8 Å². The van der Waals surface area contributed by atoms with Crippen LogP contribution in [0.5, 0.6) is 0 Å². The van der Waals surface area contributed by atoms with Crippen LogP contribution in [0.15, 0.2) is 89.0 Å². The van der Waals surface area contributed by atoms with Gasteiger partial charge >= 0.3 is 0 Å². The molecule has 146 heavy (non-hydrogen) atoms. The van der Waals surface area contributed by atoms with Crippen molar-refractivity contribution in [2.45, 2.75) is 298 Å². The average molecular weight is 2070 g/mol. The number of thioether (sulfide) groups is 1. The molecule has 5 rings (SSSR count). The molecular formula is C97H148N24O24S. The number of carbonyl (C=O) groups is 23. The van der Waals surface area contributed by atoms with E-state index in [1.165, 1.54) is 86.1 Å². The summed E-state index contributed by atoms with van der Waals surface area (Å²) in [7, 11) is 1.75. The summed E-state index contributed by atoms with van der Waals surface area (Å²) >= 11 is 1.06. The number of aliphatic hydroxyl groups excluding tert-OH is 1. The van der Waals surface area contributed by atoms with Gasteiger partial charge in [-0.25, -0.2) is 0 Å². The summed E-state index contributed by atoms with van der Waals surface area (Å²) < 4.78 is 0. The smallest absolute Gasteiger partial charge is 0.270 e. The predicted molar refractivity (Wildman–Crippen MR) is 535 cm³/mol. The van der Waals surface area contributed by atoms with Crippen LogP contribution in [-0.2, 0) is 117 Å². The van der Waals surface area contributed by atoms with E-state index in [-0.39, 0.29) is 92.4 Å². The molecule has 0 saturated carbocycles. The number of carbonyl (C=O) groups excluding carboxylic acids is 23. The first-order valence-electron chi connectivity index (χ1n) is 49.0. The molecule has 23 amide bonds. The Labute approximate surface area is 853 Å². The zero-order valence-corrected chi connectivity index (χ0v) is 87.2. The van der Waals surface area contributed by atoms with Crippen LogP contribution in [0.2, 0.25) is 0 Å². The van der Waals surface area contributed by atoms with Crippen molar-refractivity contribution in [3.8, 4) is 0 Å². The second kappa shape index (κ2) is 59.4. The number of nitrogens with one attached hydrogen (secondary N) is 18. The van der Waals surface area contributed by atoms with Crippen molar-refractivity contribution in [3.63, 3.8) is 0 Å². The molecule has 18 atom stereocenters. The highest BCUT2D eigenvalue weighted by Crippen LogP contribution is 2.27. The van der Waals surface area contributed by atoms with Crippen molar-refractivity contribution in [1.29, 1.82) is 0 Å². The molecule has 0 radical (unpaired) electrons. The van der Waals surface area contributed by atoms with E-state index in [1.54, 1.807) is 112 Å². The molecule has 4 aliphatic rings. The summed E-state index contributed by atoms with van der Waals surface area (Å²) in [5.74, 6) is -22.3. The fourth-order valence-electron chi connectivity index (χ4n) is 15.9. The van der Waals surface area contributed by atoms with Crippen LogP contribution in [0.3, 0.4) is 0 Å². The highest BCUT2D eigenvalue weighted by Gasteiger charge is 2.45. The van der Waals surface area contributed by atoms with E-state index in [2.05, 4.69) is 95.7 Å². The summed E-state index contributed by atoms with van der Waals surface area (Å²) in [6.45, 7) is 26.7.